The zero-order valence-corrected chi connectivity index (χ0v) is 18.9. The molecule has 1 aliphatic rings. The summed E-state index contributed by atoms with van der Waals surface area (Å²) in [6.45, 7) is 0.256. The lowest BCUT2D eigenvalue weighted by atomic mass is 9.97. The number of rotatable bonds is 5. The maximum atomic E-state index is 13.9. The van der Waals surface area contributed by atoms with Gasteiger partial charge in [0.15, 0.2) is 5.75 Å². The normalized spacial score (nSPS) is 15.3. The Morgan fingerprint density at radius 2 is 1.78 bits per heavy atom. The molecule has 1 aromatic heterocycles. The highest BCUT2D eigenvalue weighted by Crippen LogP contribution is 2.45. The van der Waals surface area contributed by atoms with Crippen LogP contribution >= 0.6 is 0 Å². The third-order valence-electron chi connectivity index (χ3n) is 5.58. The van der Waals surface area contributed by atoms with Crippen LogP contribution in [-0.2, 0) is 18.9 Å². The van der Waals surface area contributed by atoms with Crippen LogP contribution in [0.5, 0.6) is 5.75 Å². The van der Waals surface area contributed by atoms with Crippen molar-refractivity contribution in [2.24, 2.45) is 0 Å². The second-order valence-electron chi connectivity index (χ2n) is 8.43. The van der Waals surface area contributed by atoms with E-state index in [-0.39, 0.29) is 31.4 Å². The van der Waals surface area contributed by atoms with Crippen molar-refractivity contribution in [3.05, 3.63) is 59.5 Å². The van der Waals surface area contributed by atoms with Crippen LogP contribution < -0.4 is 15.0 Å². The number of carbonyl (C=O) groups is 1. The third-order valence-corrected chi connectivity index (χ3v) is 5.58. The molecule has 0 bridgehead atoms. The van der Waals surface area contributed by atoms with E-state index in [1.54, 1.807) is 0 Å². The van der Waals surface area contributed by atoms with E-state index in [4.69, 9.17) is 4.74 Å². The minimum Gasteiger partial charge on any atom is -0.409 e. The van der Waals surface area contributed by atoms with Crippen molar-refractivity contribution >= 4 is 11.8 Å². The molecule has 1 fully saturated rings. The average molecular weight is 533 g/mol. The van der Waals surface area contributed by atoms with Crippen molar-refractivity contribution in [3.63, 3.8) is 0 Å². The second-order valence-corrected chi connectivity index (χ2v) is 8.43. The highest BCUT2D eigenvalue weighted by molar-refractivity contribution is 5.90. The molecule has 0 atom stereocenters. The molecule has 1 aliphatic heterocycles. The van der Waals surface area contributed by atoms with Gasteiger partial charge < -0.3 is 15.2 Å². The van der Waals surface area contributed by atoms with E-state index in [0.717, 1.165) is 47.1 Å². The molecule has 37 heavy (non-hydrogen) atoms. The SMILES string of the molecule is CN(C(=O)Oc1c(-c2cn(CC3(O)CNC3)nn2)cc(C(F)(F)F)cc1C(F)(F)F)c1ccc(F)cc1. The topological polar surface area (TPSA) is 92.5 Å². The summed E-state index contributed by atoms with van der Waals surface area (Å²) < 4.78 is 102. The minimum atomic E-state index is -5.36. The fourth-order valence-electron chi connectivity index (χ4n) is 3.56. The number of β-amino-alcohol motifs (C(OH)–C–C–N with tert-alkyl or cyclic N) is 1. The summed E-state index contributed by atoms with van der Waals surface area (Å²) in [4.78, 5) is 13.5. The number of nitrogens with one attached hydrogen (secondary N) is 1. The summed E-state index contributed by atoms with van der Waals surface area (Å²) >= 11 is 0. The van der Waals surface area contributed by atoms with Crippen LogP contribution in [0.2, 0.25) is 0 Å². The van der Waals surface area contributed by atoms with Gasteiger partial charge in [-0.2, -0.15) is 26.3 Å². The lowest BCUT2D eigenvalue weighted by molar-refractivity contribution is -0.143. The van der Waals surface area contributed by atoms with Crippen molar-refractivity contribution in [2.45, 2.75) is 24.5 Å². The van der Waals surface area contributed by atoms with Crippen molar-refractivity contribution in [1.29, 1.82) is 0 Å². The van der Waals surface area contributed by atoms with E-state index in [1.165, 1.54) is 0 Å². The van der Waals surface area contributed by atoms with Crippen molar-refractivity contribution in [1.82, 2.24) is 20.3 Å². The molecule has 0 radical (unpaired) electrons. The Morgan fingerprint density at radius 1 is 1.14 bits per heavy atom. The van der Waals surface area contributed by atoms with Crippen molar-refractivity contribution < 1.29 is 45.4 Å². The van der Waals surface area contributed by atoms with Crippen molar-refractivity contribution in [2.75, 3.05) is 25.0 Å². The number of anilines is 1. The highest BCUT2D eigenvalue weighted by Gasteiger charge is 2.42. The number of ether oxygens (including phenoxy) is 1. The van der Waals surface area contributed by atoms with Crippen LogP contribution in [0.15, 0.2) is 42.6 Å². The molecule has 0 unspecified atom stereocenters. The largest absolute Gasteiger partial charge is 0.420 e. The fraction of sp³-hybridized carbons (Fsp3) is 0.318. The van der Waals surface area contributed by atoms with E-state index in [0.29, 0.717) is 6.07 Å². The zero-order chi connectivity index (χ0) is 27.2. The van der Waals surface area contributed by atoms with Gasteiger partial charge in [-0.1, -0.05) is 5.21 Å². The molecule has 1 amide bonds. The average Bonchev–Trinajstić information content (AvgIpc) is 3.24. The van der Waals surface area contributed by atoms with E-state index in [1.807, 2.05) is 0 Å². The predicted octanol–water partition coefficient (Wildman–Crippen LogP) is 4.09. The van der Waals surface area contributed by atoms with Crippen LogP contribution in [-0.4, -0.2) is 51.9 Å². The summed E-state index contributed by atoms with van der Waals surface area (Å²) in [7, 11) is 1.12. The van der Waals surface area contributed by atoms with Gasteiger partial charge >= 0.3 is 18.4 Å². The molecule has 198 valence electrons. The molecule has 15 heteroatoms. The summed E-state index contributed by atoms with van der Waals surface area (Å²) in [6.07, 6.45) is -10.9. The van der Waals surface area contributed by atoms with Crippen LogP contribution in [0.25, 0.3) is 11.3 Å². The third kappa shape index (κ3) is 5.67. The predicted molar refractivity (Wildman–Crippen MR) is 114 cm³/mol. The van der Waals surface area contributed by atoms with E-state index in [2.05, 4.69) is 15.6 Å². The number of aromatic nitrogens is 3. The lowest BCUT2D eigenvalue weighted by Gasteiger charge is -2.37. The minimum absolute atomic E-state index is 0.0433. The molecule has 0 aliphatic carbocycles. The van der Waals surface area contributed by atoms with Crippen molar-refractivity contribution in [3.8, 4) is 17.0 Å². The molecule has 2 N–H and O–H groups in total. The first-order valence-electron chi connectivity index (χ1n) is 10.5. The Morgan fingerprint density at radius 3 is 2.32 bits per heavy atom. The highest BCUT2D eigenvalue weighted by atomic mass is 19.4. The summed E-state index contributed by atoms with van der Waals surface area (Å²) in [5, 5.41) is 20.4. The van der Waals surface area contributed by atoms with Gasteiger partial charge in [0.2, 0.25) is 0 Å². The van der Waals surface area contributed by atoms with Crippen LogP contribution in [0.1, 0.15) is 11.1 Å². The molecule has 1 saturated heterocycles. The van der Waals surface area contributed by atoms with Gasteiger partial charge in [-0.25, -0.2) is 13.9 Å². The number of amides is 1. The monoisotopic (exact) mass is 533 g/mol. The first kappa shape index (κ1) is 26.3. The fourth-order valence-corrected chi connectivity index (χ4v) is 3.56. The first-order valence-corrected chi connectivity index (χ1v) is 10.5. The Bertz CT molecular complexity index is 1300. The lowest BCUT2D eigenvalue weighted by Crippen LogP contribution is -2.61. The molecular weight excluding hydrogens is 515 g/mol. The van der Waals surface area contributed by atoms with E-state index in [9.17, 15) is 40.6 Å². The Labute approximate surface area is 204 Å². The Balaban J connectivity index is 1.80. The number of hydrogen-bond donors (Lipinski definition) is 2. The summed E-state index contributed by atoms with van der Waals surface area (Å²) in [5.41, 5.74) is -5.95. The number of benzene rings is 2. The number of alkyl halides is 6. The number of aliphatic hydroxyl groups is 1. The zero-order valence-electron chi connectivity index (χ0n) is 18.9. The first-order chi connectivity index (χ1) is 17.2. The number of nitrogens with zero attached hydrogens (tertiary/aromatic N) is 4. The molecule has 0 saturated carbocycles. The quantitative estimate of drug-likeness (QED) is 0.480. The van der Waals surface area contributed by atoms with Crippen LogP contribution in [0.3, 0.4) is 0 Å². The standard InChI is InChI=1S/C22H18F7N5O3/c1-33(14-4-2-13(23)3-5-14)19(35)37-18-15(6-12(21(24,25)26)7-16(18)22(27,28)29)17-8-34(32-31-17)11-20(36)9-30-10-20/h2-8,30,36H,9-11H2,1H3. The number of carbonyl (C=O) groups excluding carboxylic acids is 1. The van der Waals surface area contributed by atoms with Gasteiger partial charge in [-0.3, -0.25) is 4.90 Å². The number of hydrogen-bond acceptors (Lipinski definition) is 6. The molecule has 8 nitrogen and oxygen atoms in total. The molecule has 2 aromatic carbocycles. The summed E-state index contributed by atoms with van der Waals surface area (Å²) in [6, 6.07) is 4.49. The maximum Gasteiger partial charge on any atom is 0.420 e. The number of halogens is 7. The van der Waals surface area contributed by atoms with Gasteiger partial charge in [0.05, 0.1) is 23.9 Å². The van der Waals surface area contributed by atoms with Gasteiger partial charge in [0.1, 0.15) is 17.1 Å². The summed E-state index contributed by atoms with van der Waals surface area (Å²) in [5.74, 6) is -1.86. The second kappa shape index (κ2) is 9.30. The van der Waals surface area contributed by atoms with E-state index < -0.39 is 58.0 Å². The molecule has 0 spiro atoms. The maximum absolute atomic E-state index is 13.9. The molecule has 3 aromatic rings. The van der Waals surface area contributed by atoms with Gasteiger partial charge in [0, 0.05) is 31.4 Å². The van der Waals surface area contributed by atoms with Gasteiger partial charge in [0.25, 0.3) is 0 Å². The Hall–Kier alpha value is -3.72. The van der Waals surface area contributed by atoms with Gasteiger partial charge in [-0.15, -0.1) is 5.10 Å². The van der Waals surface area contributed by atoms with Crippen LogP contribution in [0.4, 0.5) is 41.2 Å². The molecular formula is C22H18F7N5O3. The molecule has 2 heterocycles. The van der Waals surface area contributed by atoms with E-state index >= 15 is 0 Å². The van der Waals surface area contributed by atoms with Crippen LogP contribution in [0, 0.1) is 5.82 Å². The Kier molecular flexibility index (Phi) is 6.62. The smallest absolute Gasteiger partial charge is 0.409 e. The van der Waals surface area contributed by atoms with Gasteiger partial charge in [-0.05, 0) is 36.4 Å². The molecule has 4 rings (SSSR count).